The quantitative estimate of drug-likeness (QED) is 0.764. The van der Waals surface area contributed by atoms with E-state index in [2.05, 4.69) is 10.3 Å². The average Bonchev–Trinajstić information content (AvgIpc) is 2.00. The van der Waals surface area contributed by atoms with Gasteiger partial charge in [0.2, 0.25) is 0 Å². The second-order valence-corrected chi connectivity index (χ2v) is 3.84. The first-order valence-corrected chi connectivity index (χ1v) is 4.82. The lowest BCUT2D eigenvalue weighted by atomic mass is 10.2. The van der Waals surface area contributed by atoms with Crippen LogP contribution in [0.2, 0.25) is 5.15 Å². The van der Waals surface area contributed by atoms with Gasteiger partial charge in [0.1, 0.15) is 5.15 Å². The van der Waals surface area contributed by atoms with Crippen molar-refractivity contribution in [2.45, 2.75) is 26.8 Å². The molecule has 0 bridgehead atoms. The fraction of sp³-hybridized carbons (Fsp3) is 0.400. The molecule has 0 spiro atoms. The molecule has 0 aliphatic carbocycles. The van der Waals surface area contributed by atoms with Crippen LogP contribution in [0, 0.1) is 6.92 Å². The topological polar surface area (TPSA) is 42.0 Å². The third kappa shape index (κ3) is 3.00. The van der Waals surface area contributed by atoms with Crippen LogP contribution in [0.3, 0.4) is 0 Å². The molecule has 0 aliphatic heterocycles. The summed E-state index contributed by atoms with van der Waals surface area (Å²) < 4.78 is 0. The third-order valence-electron chi connectivity index (χ3n) is 1.60. The fourth-order valence-corrected chi connectivity index (χ4v) is 1.36. The molecule has 1 rings (SSSR count). The van der Waals surface area contributed by atoms with Gasteiger partial charge in [0, 0.05) is 17.3 Å². The maximum atomic E-state index is 11.6. The van der Waals surface area contributed by atoms with Gasteiger partial charge in [-0.05, 0) is 32.9 Å². The molecule has 1 aromatic heterocycles. The highest BCUT2D eigenvalue weighted by atomic mass is 35.5. The number of rotatable bonds is 2. The van der Waals surface area contributed by atoms with E-state index in [0.717, 1.165) is 5.69 Å². The van der Waals surface area contributed by atoms with E-state index in [1.54, 1.807) is 19.1 Å². The Balaban J connectivity index is 2.90. The number of aryl methyl sites for hydroxylation is 1. The largest absolute Gasteiger partial charge is 0.350 e. The van der Waals surface area contributed by atoms with Crippen LogP contribution in [0.5, 0.6) is 0 Å². The minimum Gasteiger partial charge on any atom is -0.350 e. The maximum Gasteiger partial charge on any atom is 0.251 e. The second-order valence-electron chi connectivity index (χ2n) is 3.45. The molecule has 1 heterocycles. The number of halogens is 1. The summed E-state index contributed by atoms with van der Waals surface area (Å²) in [4.78, 5) is 15.5. The van der Waals surface area contributed by atoms with Crippen molar-refractivity contribution in [3.63, 3.8) is 0 Å². The molecule has 1 aromatic rings. The van der Waals surface area contributed by atoms with Crippen molar-refractivity contribution in [2.24, 2.45) is 0 Å². The molecular weight excluding hydrogens is 200 g/mol. The normalized spacial score (nSPS) is 10.4. The Morgan fingerprint density at radius 1 is 1.50 bits per heavy atom. The van der Waals surface area contributed by atoms with Crippen LogP contribution >= 0.6 is 11.6 Å². The van der Waals surface area contributed by atoms with Crippen molar-refractivity contribution in [1.82, 2.24) is 10.3 Å². The standard InChI is InChI=1S/C10H13ClN2O/c1-6(2)12-10(14)8-4-7(3)13-9(11)5-8/h4-6H,1-3H3,(H,12,14). The smallest absolute Gasteiger partial charge is 0.251 e. The van der Waals surface area contributed by atoms with Gasteiger partial charge in [0.25, 0.3) is 5.91 Å². The van der Waals surface area contributed by atoms with Crippen LogP contribution in [-0.4, -0.2) is 16.9 Å². The predicted octanol–water partition coefficient (Wildman–Crippen LogP) is 2.18. The number of carbonyl (C=O) groups excluding carboxylic acids is 1. The Morgan fingerprint density at radius 2 is 2.14 bits per heavy atom. The van der Waals surface area contributed by atoms with E-state index < -0.39 is 0 Å². The molecule has 0 saturated carbocycles. The first kappa shape index (κ1) is 11.0. The highest BCUT2D eigenvalue weighted by Gasteiger charge is 2.08. The number of amides is 1. The third-order valence-corrected chi connectivity index (χ3v) is 1.80. The Kier molecular flexibility index (Phi) is 3.47. The zero-order chi connectivity index (χ0) is 10.7. The van der Waals surface area contributed by atoms with Crippen LogP contribution in [0.1, 0.15) is 29.9 Å². The molecule has 0 fully saturated rings. The molecule has 4 heteroatoms. The number of hydrogen-bond donors (Lipinski definition) is 1. The van der Waals surface area contributed by atoms with E-state index in [4.69, 9.17) is 11.6 Å². The van der Waals surface area contributed by atoms with Gasteiger partial charge >= 0.3 is 0 Å². The van der Waals surface area contributed by atoms with Gasteiger partial charge in [-0.15, -0.1) is 0 Å². The van der Waals surface area contributed by atoms with E-state index in [9.17, 15) is 4.79 Å². The second kappa shape index (κ2) is 4.42. The summed E-state index contributed by atoms with van der Waals surface area (Å²) in [7, 11) is 0. The van der Waals surface area contributed by atoms with E-state index in [1.165, 1.54) is 0 Å². The summed E-state index contributed by atoms with van der Waals surface area (Å²) in [5, 5.41) is 3.13. The van der Waals surface area contributed by atoms with E-state index in [0.29, 0.717) is 10.7 Å². The number of nitrogens with one attached hydrogen (secondary N) is 1. The number of hydrogen-bond acceptors (Lipinski definition) is 2. The van der Waals surface area contributed by atoms with Gasteiger partial charge in [0.15, 0.2) is 0 Å². The summed E-state index contributed by atoms with van der Waals surface area (Å²) in [6, 6.07) is 3.39. The summed E-state index contributed by atoms with van der Waals surface area (Å²) in [5.74, 6) is -0.118. The van der Waals surface area contributed by atoms with E-state index in [1.807, 2.05) is 13.8 Å². The molecule has 0 aromatic carbocycles. The lowest BCUT2D eigenvalue weighted by molar-refractivity contribution is 0.0943. The Hall–Kier alpha value is -1.09. The molecule has 0 aliphatic rings. The lowest BCUT2D eigenvalue weighted by Gasteiger charge is -2.08. The minimum atomic E-state index is -0.118. The first-order valence-electron chi connectivity index (χ1n) is 4.44. The zero-order valence-electron chi connectivity index (χ0n) is 8.47. The number of carbonyl (C=O) groups is 1. The molecule has 0 radical (unpaired) electrons. The van der Waals surface area contributed by atoms with Crippen LogP contribution in [0.15, 0.2) is 12.1 Å². The maximum absolute atomic E-state index is 11.6. The van der Waals surface area contributed by atoms with Crippen molar-refractivity contribution in [2.75, 3.05) is 0 Å². The molecule has 0 atom stereocenters. The predicted molar refractivity (Wildman–Crippen MR) is 56.6 cm³/mol. The van der Waals surface area contributed by atoms with Gasteiger partial charge in [-0.1, -0.05) is 11.6 Å². The van der Waals surface area contributed by atoms with Gasteiger partial charge in [-0.2, -0.15) is 0 Å². The Bertz CT molecular complexity index is 330. The van der Waals surface area contributed by atoms with Crippen LogP contribution in [0.25, 0.3) is 0 Å². The molecule has 0 saturated heterocycles. The van der Waals surface area contributed by atoms with Crippen molar-refractivity contribution in [3.8, 4) is 0 Å². The highest BCUT2D eigenvalue weighted by Crippen LogP contribution is 2.10. The van der Waals surface area contributed by atoms with Crippen molar-refractivity contribution in [1.29, 1.82) is 0 Å². The minimum absolute atomic E-state index is 0.118. The average molecular weight is 213 g/mol. The van der Waals surface area contributed by atoms with Gasteiger partial charge in [-0.25, -0.2) is 4.98 Å². The molecule has 1 amide bonds. The fourth-order valence-electron chi connectivity index (χ4n) is 1.10. The van der Waals surface area contributed by atoms with Gasteiger partial charge in [0.05, 0.1) is 0 Å². The molecule has 3 nitrogen and oxygen atoms in total. The SMILES string of the molecule is Cc1cc(C(=O)NC(C)C)cc(Cl)n1. The zero-order valence-corrected chi connectivity index (χ0v) is 9.22. The Morgan fingerprint density at radius 3 is 2.64 bits per heavy atom. The van der Waals surface area contributed by atoms with E-state index in [-0.39, 0.29) is 11.9 Å². The van der Waals surface area contributed by atoms with Crippen LogP contribution < -0.4 is 5.32 Å². The number of aromatic nitrogens is 1. The number of nitrogens with zero attached hydrogens (tertiary/aromatic N) is 1. The molecule has 0 unspecified atom stereocenters. The highest BCUT2D eigenvalue weighted by molar-refractivity contribution is 6.29. The van der Waals surface area contributed by atoms with Crippen LogP contribution in [-0.2, 0) is 0 Å². The summed E-state index contributed by atoms with van der Waals surface area (Å²) in [6.07, 6.45) is 0. The van der Waals surface area contributed by atoms with Crippen molar-refractivity contribution >= 4 is 17.5 Å². The lowest BCUT2D eigenvalue weighted by Crippen LogP contribution is -2.30. The molecule has 76 valence electrons. The van der Waals surface area contributed by atoms with E-state index >= 15 is 0 Å². The monoisotopic (exact) mass is 212 g/mol. The van der Waals surface area contributed by atoms with Crippen LogP contribution in [0.4, 0.5) is 0 Å². The molecule has 14 heavy (non-hydrogen) atoms. The molecular formula is C10H13ClN2O. The number of pyridine rings is 1. The Labute approximate surface area is 88.5 Å². The summed E-state index contributed by atoms with van der Waals surface area (Å²) in [6.45, 7) is 5.62. The van der Waals surface area contributed by atoms with Crippen molar-refractivity contribution in [3.05, 3.63) is 28.5 Å². The summed E-state index contributed by atoms with van der Waals surface area (Å²) >= 11 is 5.74. The van der Waals surface area contributed by atoms with Gasteiger partial charge in [-0.3, -0.25) is 4.79 Å². The molecule has 1 N–H and O–H groups in total. The van der Waals surface area contributed by atoms with Crippen molar-refractivity contribution < 1.29 is 4.79 Å². The summed E-state index contributed by atoms with van der Waals surface area (Å²) in [5.41, 5.74) is 1.29. The first-order chi connectivity index (χ1) is 6.49. The van der Waals surface area contributed by atoms with Gasteiger partial charge < -0.3 is 5.32 Å².